The van der Waals surface area contributed by atoms with E-state index in [1.807, 2.05) is 40.0 Å². The Balaban J connectivity index is 2.07. The first-order chi connectivity index (χ1) is 11.8. The van der Waals surface area contributed by atoms with Gasteiger partial charge in [0.05, 0.1) is 16.1 Å². The highest BCUT2D eigenvalue weighted by atomic mass is 35.5. The number of amides is 1. The van der Waals surface area contributed by atoms with Gasteiger partial charge in [0.15, 0.2) is 0 Å². The molecule has 5 nitrogen and oxygen atoms in total. The zero-order valence-electron chi connectivity index (χ0n) is 15.0. The van der Waals surface area contributed by atoms with E-state index in [-0.39, 0.29) is 17.5 Å². The van der Waals surface area contributed by atoms with Crippen LogP contribution in [0.15, 0.2) is 30.5 Å². The average molecular weight is 361 g/mol. The van der Waals surface area contributed by atoms with Crippen molar-refractivity contribution >= 4 is 17.5 Å². The minimum absolute atomic E-state index is 0.0273. The van der Waals surface area contributed by atoms with E-state index in [1.165, 1.54) is 0 Å². The second kappa shape index (κ2) is 6.81. The lowest BCUT2D eigenvalue weighted by atomic mass is 10.0. The summed E-state index contributed by atoms with van der Waals surface area (Å²) in [6, 6.07) is 7.54. The maximum Gasteiger partial charge on any atom is 0.257 e. The van der Waals surface area contributed by atoms with Crippen LogP contribution in [-0.2, 0) is 5.54 Å². The molecule has 0 bridgehead atoms. The second-order valence-electron chi connectivity index (χ2n) is 7.64. The molecule has 1 unspecified atom stereocenters. The minimum atomic E-state index is -0.229. The molecule has 1 atom stereocenters. The fourth-order valence-electron chi connectivity index (χ4n) is 3.09. The van der Waals surface area contributed by atoms with Gasteiger partial charge in [-0.3, -0.25) is 9.48 Å². The van der Waals surface area contributed by atoms with Crippen LogP contribution in [0, 0.1) is 0 Å². The van der Waals surface area contributed by atoms with Gasteiger partial charge < -0.3 is 10.6 Å². The Kier molecular flexibility index (Phi) is 4.89. The summed E-state index contributed by atoms with van der Waals surface area (Å²) in [4.78, 5) is 15.0. The van der Waals surface area contributed by atoms with E-state index >= 15 is 0 Å². The van der Waals surface area contributed by atoms with Gasteiger partial charge in [-0.2, -0.15) is 5.10 Å². The Hall–Kier alpha value is -1.85. The molecule has 3 rings (SSSR count). The van der Waals surface area contributed by atoms with Crippen molar-refractivity contribution in [3.8, 4) is 11.3 Å². The lowest BCUT2D eigenvalue weighted by molar-refractivity contribution is 0.0709. The molecule has 1 amide bonds. The number of aromatic nitrogens is 2. The molecule has 1 aliphatic heterocycles. The molecule has 1 fully saturated rings. The largest absolute Gasteiger partial charge is 0.337 e. The summed E-state index contributed by atoms with van der Waals surface area (Å²) in [6.07, 6.45) is 3.73. The average Bonchev–Trinajstić information content (AvgIpc) is 3.00. The predicted molar refractivity (Wildman–Crippen MR) is 101 cm³/mol. The van der Waals surface area contributed by atoms with Crippen LogP contribution in [0.25, 0.3) is 11.3 Å². The standard InChI is InChI=1S/C19H25ClN4O/c1-19(2,3)24-12-15(18(25)23-10-6-7-13(21)11-23)17(22-24)14-8-4-5-9-16(14)20/h4-5,8-9,12-13H,6-7,10-11,21H2,1-3H3. The number of carbonyl (C=O) groups is 1. The quantitative estimate of drug-likeness (QED) is 0.891. The number of nitrogens with two attached hydrogens (primary N) is 1. The molecule has 0 radical (unpaired) electrons. The van der Waals surface area contributed by atoms with Gasteiger partial charge in [0.2, 0.25) is 0 Å². The van der Waals surface area contributed by atoms with Crippen LogP contribution >= 0.6 is 11.6 Å². The summed E-state index contributed by atoms with van der Waals surface area (Å²) in [7, 11) is 0. The molecular weight excluding hydrogens is 336 g/mol. The fraction of sp³-hybridized carbons (Fsp3) is 0.474. The van der Waals surface area contributed by atoms with Crippen molar-refractivity contribution in [2.45, 2.75) is 45.2 Å². The molecule has 1 aromatic heterocycles. The molecule has 0 aliphatic carbocycles. The SMILES string of the molecule is CC(C)(C)n1cc(C(=O)N2CCCC(N)C2)c(-c2ccccc2Cl)n1. The number of hydrogen-bond donors (Lipinski definition) is 1. The molecule has 25 heavy (non-hydrogen) atoms. The van der Waals surface area contributed by atoms with Crippen molar-refractivity contribution < 1.29 is 4.79 Å². The number of halogens is 1. The Morgan fingerprint density at radius 1 is 1.32 bits per heavy atom. The molecule has 1 aromatic carbocycles. The van der Waals surface area contributed by atoms with Crippen molar-refractivity contribution in [1.82, 2.24) is 14.7 Å². The highest BCUT2D eigenvalue weighted by Gasteiger charge is 2.29. The van der Waals surface area contributed by atoms with Crippen molar-refractivity contribution in [1.29, 1.82) is 0 Å². The molecule has 0 saturated carbocycles. The van der Waals surface area contributed by atoms with Crippen molar-refractivity contribution in [3.05, 3.63) is 41.0 Å². The predicted octanol–water partition coefficient (Wildman–Crippen LogP) is 3.52. The summed E-state index contributed by atoms with van der Waals surface area (Å²) in [5.41, 5.74) is 7.81. The smallest absolute Gasteiger partial charge is 0.257 e. The fourth-order valence-corrected chi connectivity index (χ4v) is 3.32. The molecule has 2 aromatic rings. The molecule has 134 valence electrons. The monoisotopic (exact) mass is 360 g/mol. The van der Waals surface area contributed by atoms with E-state index < -0.39 is 0 Å². The molecule has 2 heterocycles. The number of likely N-dealkylation sites (tertiary alicyclic amines) is 1. The van der Waals surface area contributed by atoms with Gasteiger partial charge >= 0.3 is 0 Å². The van der Waals surface area contributed by atoms with Crippen LogP contribution in [-0.4, -0.2) is 39.7 Å². The van der Waals surface area contributed by atoms with Gasteiger partial charge in [0, 0.05) is 30.9 Å². The Bertz CT molecular complexity index is 778. The normalized spacial score (nSPS) is 18.4. The van der Waals surface area contributed by atoms with Crippen LogP contribution in [0.2, 0.25) is 5.02 Å². The van der Waals surface area contributed by atoms with Crippen LogP contribution in [0.4, 0.5) is 0 Å². The molecular formula is C19H25ClN4O. The van der Waals surface area contributed by atoms with Crippen LogP contribution in [0.3, 0.4) is 0 Å². The summed E-state index contributed by atoms with van der Waals surface area (Å²) >= 11 is 6.37. The number of rotatable bonds is 2. The second-order valence-corrected chi connectivity index (χ2v) is 8.05. The van der Waals surface area contributed by atoms with Crippen molar-refractivity contribution in [2.24, 2.45) is 5.73 Å². The summed E-state index contributed by atoms with van der Waals surface area (Å²) in [6.45, 7) is 7.49. The third kappa shape index (κ3) is 3.72. The Morgan fingerprint density at radius 2 is 2.04 bits per heavy atom. The molecule has 1 saturated heterocycles. The number of piperidine rings is 1. The summed E-state index contributed by atoms with van der Waals surface area (Å²) < 4.78 is 1.84. The molecule has 0 spiro atoms. The lowest BCUT2D eigenvalue weighted by Crippen LogP contribution is -2.45. The number of hydrogen-bond acceptors (Lipinski definition) is 3. The summed E-state index contributed by atoms with van der Waals surface area (Å²) in [5, 5.41) is 5.29. The van der Waals surface area contributed by atoms with Gasteiger partial charge in [-0.1, -0.05) is 29.8 Å². The van der Waals surface area contributed by atoms with E-state index in [0.29, 0.717) is 22.8 Å². The first-order valence-corrected chi connectivity index (χ1v) is 9.05. The number of benzene rings is 1. The topological polar surface area (TPSA) is 64.2 Å². The number of nitrogens with zero attached hydrogens (tertiary/aromatic N) is 3. The zero-order chi connectivity index (χ0) is 18.2. The highest BCUT2D eigenvalue weighted by Crippen LogP contribution is 2.31. The first-order valence-electron chi connectivity index (χ1n) is 8.67. The van der Waals surface area contributed by atoms with E-state index in [9.17, 15) is 4.79 Å². The minimum Gasteiger partial charge on any atom is -0.337 e. The first kappa shape index (κ1) is 18.0. The Labute approximate surface area is 153 Å². The van der Waals surface area contributed by atoms with Crippen molar-refractivity contribution in [2.75, 3.05) is 13.1 Å². The highest BCUT2D eigenvalue weighted by molar-refractivity contribution is 6.33. The molecule has 1 aliphatic rings. The van der Waals surface area contributed by atoms with Crippen molar-refractivity contribution in [3.63, 3.8) is 0 Å². The van der Waals surface area contributed by atoms with E-state index in [4.69, 9.17) is 22.4 Å². The van der Waals surface area contributed by atoms with Crippen LogP contribution in [0.5, 0.6) is 0 Å². The van der Waals surface area contributed by atoms with E-state index in [1.54, 1.807) is 0 Å². The lowest BCUT2D eigenvalue weighted by Gasteiger charge is -2.30. The number of carbonyl (C=O) groups excluding carboxylic acids is 1. The Morgan fingerprint density at radius 3 is 2.68 bits per heavy atom. The van der Waals surface area contributed by atoms with Gasteiger partial charge in [0.25, 0.3) is 5.91 Å². The van der Waals surface area contributed by atoms with Gasteiger partial charge in [-0.15, -0.1) is 0 Å². The maximum absolute atomic E-state index is 13.2. The summed E-state index contributed by atoms with van der Waals surface area (Å²) in [5.74, 6) is -0.0273. The zero-order valence-corrected chi connectivity index (χ0v) is 15.8. The van der Waals surface area contributed by atoms with E-state index in [0.717, 1.165) is 24.9 Å². The third-order valence-electron chi connectivity index (χ3n) is 4.51. The maximum atomic E-state index is 13.2. The van der Waals surface area contributed by atoms with Crippen LogP contribution < -0.4 is 5.73 Å². The van der Waals surface area contributed by atoms with Gasteiger partial charge in [-0.25, -0.2) is 0 Å². The van der Waals surface area contributed by atoms with Gasteiger partial charge in [-0.05, 0) is 39.7 Å². The van der Waals surface area contributed by atoms with Gasteiger partial charge in [0.1, 0.15) is 5.69 Å². The molecule has 6 heteroatoms. The van der Waals surface area contributed by atoms with Crippen LogP contribution in [0.1, 0.15) is 44.0 Å². The molecule has 2 N–H and O–H groups in total. The third-order valence-corrected chi connectivity index (χ3v) is 4.84. The van der Waals surface area contributed by atoms with E-state index in [2.05, 4.69) is 20.8 Å².